The van der Waals surface area contributed by atoms with Gasteiger partial charge in [-0.15, -0.1) is 11.3 Å². The number of rotatable bonds is 1. The smallest absolute Gasteiger partial charge is 0.271 e. The number of carbonyl (C=O) groups excluding carboxylic acids is 1. The molecule has 0 saturated carbocycles. The molecule has 0 aliphatic carbocycles. The van der Waals surface area contributed by atoms with Crippen LogP contribution < -0.4 is 5.32 Å². The van der Waals surface area contributed by atoms with Gasteiger partial charge in [-0.25, -0.2) is 0 Å². The van der Waals surface area contributed by atoms with E-state index < -0.39 is 0 Å². The fraction of sp³-hybridized carbons (Fsp3) is 0.214. The molecule has 106 valence electrons. The van der Waals surface area contributed by atoms with Crippen molar-refractivity contribution in [1.82, 2.24) is 20.1 Å². The highest BCUT2D eigenvalue weighted by Gasteiger charge is 2.26. The molecule has 0 radical (unpaired) electrons. The number of amides is 1. The maximum Gasteiger partial charge on any atom is 0.271 e. The van der Waals surface area contributed by atoms with Crippen molar-refractivity contribution in [2.45, 2.75) is 13.5 Å². The molecule has 1 aliphatic rings. The molecule has 0 saturated heterocycles. The molecule has 3 aromatic heterocycles. The maximum atomic E-state index is 12.0. The van der Waals surface area contributed by atoms with E-state index in [1.54, 1.807) is 22.2 Å². The SMILES string of the molecule is Cc1cc2nccc(-c3nn4c(c3Cl)C(=O)NCC4)c2s1. The number of halogens is 1. The summed E-state index contributed by atoms with van der Waals surface area (Å²) in [6, 6.07) is 3.94. The van der Waals surface area contributed by atoms with Gasteiger partial charge in [-0.3, -0.25) is 14.5 Å². The van der Waals surface area contributed by atoms with Crippen molar-refractivity contribution in [1.29, 1.82) is 0 Å². The molecule has 1 aliphatic heterocycles. The van der Waals surface area contributed by atoms with Crippen LogP contribution in [-0.4, -0.2) is 27.2 Å². The second kappa shape index (κ2) is 4.54. The number of aryl methyl sites for hydroxylation is 1. The number of hydrogen-bond donors (Lipinski definition) is 1. The lowest BCUT2D eigenvalue weighted by molar-refractivity contribution is 0.0924. The van der Waals surface area contributed by atoms with E-state index in [0.29, 0.717) is 29.5 Å². The van der Waals surface area contributed by atoms with E-state index in [9.17, 15) is 4.79 Å². The molecule has 1 N–H and O–H groups in total. The predicted octanol–water partition coefficient (Wildman–Crippen LogP) is 2.87. The summed E-state index contributed by atoms with van der Waals surface area (Å²) in [6.45, 7) is 3.26. The van der Waals surface area contributed by atoms with Crippen LogP contribution in [0.2, 0.25) is 5.02 Å². The summed E-state index contributed by atoms with van der Waals surface area (Å²) in [5.74, 6) is -0.169. The Morgan fingerprint density at radius 1 is 1.48 bits per heavy atom. The van der Waals surface area contributed by atoms with E-state index in [-0.39, 0.29) is 5.91 Å². The summed E-state index contributed by atoms with van der Waals surface area (Å²) in [7, 11) is 0. The number of nitrogens with one attached hydrogen (secondary N) is 1. The van der Waals surface area contributed by atoms with Crippen molar-refractivity contribution in [3.8, 4) is 11.3 Å². The molecule has 0 fully saturated rings. The maximum absolute atomic E-state index is 12.0. The monoisotopic (exact) mass is 318 g/mol. The summed E-state index contributed by atoms with van der Waals surface area (Å²) in [5, 5.41) is 7.73. The predicted molar refractivity (Wildman–Crippen MR) is 82.9 cm³/mol. The summed E-state index contributed by atoms with van der Waals surface area (Å²) in [6.07, 6.45) is 1.75. The Bertz CT molecular complexity index is 883. The first-order chi connectivity index (χ1) is 10.1. The number of pyridine rings is 1. The third-order valence-electron chi connectivity index (χ3n) is 3.51. The molecule has 4 heterocycles. The molecule has 0 aromatic carbocycles. The normalized spacial score (nSPS) is 14.3. The zero-order chi connectivity index (χ0) is 14.6. The van der Waals surface area contributed by atoms with Gasteiger partial charge in [0.15, 0.2) is 0 Å². The number of fused-ring (bicyclic) bond motifs is 2. The molecular formula is C14H11ClN4OS. The summed E-state index contributed by atoms with van der Waals surface area (Å²) in [5.41, 5.74) is 2.95. The molecule has 1 amide bonds. The zero-order valence-corrected chi connectivity index (χ0v) is 12.8. The average molecular weight is 319 g/mol. The van der Waals surface area contributed by atoms with E-state index >= 15 is 0 Å². The number of hydrogen-bond acceptors (Lipinski definition) is 4. The van der Waals surface area contributed by atoms with Crippen LogP contribution in [0.25, 0.3) is 21.5 Å². The molecule has 5 nitrogen and oxygen atoms in total. The molecule has 7 heteroatoms. The second-order valence-electron chi connectivity index (χ2n) is 4.92. The molecule has 0 spiro atoms. The van der Waals surface area contributed by atoms with Crippen LogP contribution in [0.5, 0.6) is 0 Å². The summed E-state index contributed by atoms with van der Waals surface area (Å²) < 4.78 is 2.73. The van der Waals surface area contributed by atoms with Gasteiger partial charge in [0.1, 0.15) is 11.4 Å². The van der Waals surface area contributed by atoms with Gasteiger partial charge in [0, 0.05) is 23.2 Å². The van der Waals surface area contributed by atoms with Crippen molar-refractivity contribution in [3.05, 3.63) is 33.9 Å². The minimum Gasteiger partial charge on any atom is -0.349 e. The van der Waals surface area contributed by atoms with Crippen LogP contribution in [0.4, 0.5) is 0 Å². The Hall–Kier alpha value is -1.92. The van der Waals surface area contributed by atoms with E-state index in [2.05, 4.69) is 15.4 Å². The molecular weight excluding hydrogens is 308 g/mol. The molecule has 21 heavy (non-hydrogen) atoms. The van der Waals surface area contributed by atoms with Gasteiger partial charge < -0.3 is 5.32 Å². The third kappa shape index (κ3) is 1.86. The van der Waals surface area contributed by atoms with E-state index in [0.717, 1.165) is 15.8 Å². The quantitative estimate of drug-likeness (QED) is 0.750. The highest BCUT2D eigenvalue weighted by molar-refractivity contribution is 7.19. The Balaban J connectivity index is 1.99. The Kier molecular flexibility index (Phi) is 2.77. The lowest BCUT2D eigenvalue weighted by Crippen LogP contribution is -2.35. The van der Waals surface area contributed by atoms with Gasteiger partial charge in [-0.05, 0) is 19.1 Å². The standard InChI is InChI=1S/C14H11ClN4OS/c1-7-6-9-13(21-7)8(2-3-16-9)11-10(15)12-14(20)17-4-5-19(12)18-11/h2-3,6H,4-5H2,1H3,(H,17,20). The minimum atomic E-state index is -0.169. The highest BCUT2D eigenvalue weighted by atomic mass is 35.5. The fourth-order valence-electron chi connectivity index (χ4n) is 2.59. The van der Waals surface area contributed by atoms with Crippen LogP contribution in [0.15, 0.2) is 18.3 Å². The van der Waals surface area contributed by atoms with Gasteiger partial charge in [0.05, 0.1) is 21.8 Å². The van der Waals surface area contributed by atoms with Crippen LogP contribution in [0.1, 0.15) is 15.4 Å². The number of nitrogens with zero attached hydrogens (tertiary/aromatic N) is 3. The average Bonchev–Trinajstić information content (AvgIpc) is 2.99. The van der Waals surface area contributed by atoms with E-state index in [1.807, 2.05) is 19.1 Å². The first-order valence-electron chi connectivity index (χ1n) is 6.55. The topological polar surface area (TPSA) is 59.8 Å². The Morgan fingerprint density at radius 3 is 3.14 bits per heavy atom. The summed E-state index contributed by atoms with van der Waals surface area (Å²) >= 11 is 8.08. The van der Waals surface area contributed by atoms with Gasteiger partial charge in [0.2, 0.25) is 0 Å². The Morgan fingerprint density at radius 2 is 2.33 bits per heavy atom. The van der Waals surface area contributed by atoms with Gasteiger partial charge in [-0.2, -0.15) is 5.10 Å². The lowest BCUT2D eigenvalue weighted by Gasteiger charge is -2.13. The number of carbonyl (C=O) groups is 1. The van der Waals surface area contributed by atoms with E-state index in [1.165, 1.54) is 4.88 Å². The van der Waals surface area contributed by atoms with Gasteiger partial charge in [-0.1, -0.05) is 11.6 Å². The minimum absolute atomic E-state index is 0.169. The number of thiophene rings is 1. The largest absolute Gasteiger partial charge is 0.349 e. The molecule has 0 atom stereocenters. The van der Waals surface area contributed by atoms with Crippen LogP contribution in [0, 0.1) is 6.92 Å². The van der Waals surface area contributed by atoms with Crippen molar-refractivity contribution in [2.24, 2.45) is 0 Å². The van der Waals surface area contributed by atoms with Gasteiger partial charge in [0.25, 0.3) is 5.91 Å². The second-order valence-corrected chi connectivity index (χ2v) is 6.55. The number of aromatic nitrogens is 3. The molecule has 0 bridgehead atoms. The molecule has 4 rings (SSSR count). The van der Waals surface area contributed by atoms with Gasteiger partial charge >= 0.3 is 0 Å². The van der Waals surface area contributed by atoms with Crippen LogP contribution in [-0.2, 0) is 6.54 Å². The lowest BCUT2D eigenvalue weighted by atomic mass is 10.1. The van der Waals surface area contributed by atoms with Crippen molar-refractivity contribution >= 4 is 39.1 Å². The van der Waals surface area contributed by atoms with Crippen molar-refractivity contribution in [3.63, 3.8) is 0 Å². The van der Waals surface area contributed by atoms with Crippen LogP contribution in [0.3, 0.4) is 0 Å². The first kappa shape index (κ1) is 12.8. The third-order valence-corrected chi connectivity index (χ3v) is 4.94. The fourth-order valence-corrected chi connectivity index (χ4v) is 3.90. The zero-order valence-electron chi connectivity index (χ0n) is 11.2. The van der Waals surface area contributed by atoms with Crippen LogP contribution >= 0.6 is 22.9 Å². The molecule has 3 aromatic rings. The first-order valence-corrected chi connectivity index (χ1v) is 7.74. The highest BCUT2D eigenvalue weighted by Crippen LogP contribution is 2.37. The Labute approximate surface area is 129 Å². The molecule has 0 unspecified atom stereocenters. The summed E-state index contributed by atoms with van der Waals surface area (Å²) in [4.78, 5) is 17.5. The van der Waals surface area contributed by atoms with E-state index in [4.69, 9.17) is 11.6 Å². The van der Waals surface area contributed by atoms with Crippen molar-refractivity contribution in [2.75, 3.05) is 6.54 Å². The van der Waals surface area contributed by atoms with Crippen molar-refractivity contribution < 1.29 is 4.79 Å².